The maximum atomic E-state index is 10.5. The first-order chi connectivity index (χ1) is 11.6. The van der Waals surface area contributed by atoms with Gasteiger partial charge in [0.2, 0.25) is 0 Å². The van der Waals surface area contributed by atoms with Crippen molar-refractivity contribution in [1.29, 1.82) is 0 Å². The van der Waals surface area contributed by atoms with Gasteiger partial charge in [-0.2, -0.15) is 0 Å². The Kier molecular flexibility index (Phi) is 7.94. The molecule has 7 heteroatoms. The summed E-state index contributed by atoms with van der Waals surface area (Å²) in [5.41, 5.74) is 0. The molecule has 24 heavy (non-hydrogen) atoms. The van der Waals surface area contributed by atoms with E-state index < -0.39 is 5.97 Å². The van der Waals surface area contributed by atoms with Crippen LogP contribution in [0.3, 0.4) is 0 Å². The van der Waals surface area contributed by atoms with Crippen molar-refractivity contribution in [2.24, 2.45) is 11.8 Å². The van der Waals surface area contributed by atoms with Crippen LogP contribution < -0.4 is 5.32 Å². The third kappa shape index (κ3) is 5.72. The summed E-state index contributed by atoms with van der Waals surface area (Å²) >= 11 is 5.12. The highest BCUT2D eigenvalue weighted by Crippen LogP contribution is 2.45. The van der Waals surface area contributed by atoms with Gasteiger partial charge in [0.25, 0.3) is 5.17 Å². The van der Waals surface area contributed by atoms with Crippen molar-refractivity contribution >= 4 is 23.4 Å². The Labute approximate surface area is 148 Å². The van der Waals surface area contributed by atoms with Gasteiger partial charge in [0, 0.05) is 19.4 Å². The molecule has 0 saturated carbocycles. The van der Waals surface area contributed by atoms with E-state index in [1.807, 2.05) is 0 Å². The Balaban J connectivity index is 1.74. The summed E-state index contributed by atoms with van der Waals surface area (Å²) in [5.74, 6) is 0.0691. The summed E-state index contributed by atoms with van der Waals surface area (Å²) in [7, 11) is 1.60. The zero-order valence-corrected chi connectivity index (χ0v) is 14.9. The number of carboxylic acid groups (broad SMARTS) is 1. The van der Waals surface area contributed by atoms with Gasteiger partial charge in [-0.1, -0.05) is 12.2 Å². The molecular formula is C17H27NO5S. The quantitative estimate of drug-likeness (QED) is 0.269. The first-order valence-corrected chi connectivity index (χ1v) is 8.94. The number of allylic oxidation sites excluding steroid dienone is 2. The number of carboxylic acids is 1. The molecule has 4 atom stereocenters. The van der Waals surface area contributed by atoms with Crippen molar-refractivity contribution in [2.75, 3.05) is 20.4 Å². The second-order valence-electron chi connectivity index (χ2n) is 6.32. The molecule has 2 heterocycles. The predicted octanol–water partition coefficient (Wildman–Crippen LogP) is 2.48. The highest BCUT2D eigenvalue weighted by molar-refractivity contribution is 7.80. The summed E-state index contributed by atoms with van der Waals surface area (Å²) < 4.78 is 16.6. The molecule has 0 spiro atoms. The number of thiocarbonyl (C=S) groups is 1. The first kappa shape index (κ1) is 19.1. The fourth-order valence-corrected chi connectivity index (χ4v) is 3.65. The molecule has 2 fully saturated rings. The predicted molar refractivity (Wildman–Crippen MR) is 93.7 cm³/mol. The SMILES string of the molecule is COCNC(=S)OC[C@@H]1[C@@H](CC=CCCCC(=O)O)[C@H]2CC[C@@H]1O2. The number of aliphatic carboxylic acids is 1. The maximum Gasteiger partial charge on any atom is 0.303 e. The monoisotopic (exact) mass is 357 g/mol. The molecule has 0 aromatic carbocycles. The van der Waals surface area contributed by atoms with Gasteiger partial charge in [-0.15, -0.1) is 0 Å². The number of hydrogen-bond acceptors (Lipinski definition) is 5. The summed E-state index contributed by atoms with van der Waals surface area (Å²) in [6, 6.07) is 0. The van der Waals surface area contributed by atoms with E-state index in [9.17, 15) is 4.79 Å². The molecule has 0 radical (unpaired) electrons. The smallest absolute Gasteiger partial charge is 0.303 e. The summed E-state index contributed by atoms with van der Waals surface area (Å²) in [6.45, 7) is 0.906. The van der Waals surface area contributed by atoms with Crippen molar-refractivity contribution in [3.05, 3.63) is 12.2 Å². The third-order valence-electron chi connectivity index (χ3n) is 4.69. The van der Waals surface area contributed by atoms with E-state index in [0.717, 1.165) is 25.7 Å². The first-order valence-electron chi connectivity index (χ1n) is 8.53. The highest BCUT2D eigenvalue weighted by atomic mass is 32.1. The van der Waals surface area contributed by atoms with Gasteiger partial charge in [-0.3, -0.25) is 4.79 Å². The normalized spacial score (nSPS) is 28.4. The number of carbonyl (C=O) groups is 1. The van der Waals surface area contributed by atoms with Crippen LogP contribution in [0.5, 0.6) is 0 Å². The molecule has 2 saturated heterocycles. The van der Waals surface area contributed by atoms with Crippen LogP contribution in [0.25, 0.3) is 0 Å². The average Bonchev–Trinajstić information content (AvgIpc) is 3.15. The van der Waals surface area contributed by atoms with Crippen LogP contribution in [0.2, 0.25) is 0 Å². The second-order valence-corrected chi connectivity index (χ2v) is 6.69. The Morgan fingerprint density at radius 1 is 1.33 bits per heavy atom. The average molecular weight is 357 g/mol. The molecule has 2 bridgehead atoms. The van der Waals surface area contributed by atoms with Crippen LogP contribution in [-0.4, -0.2) is 48.9 Å². The van der Waals surface area contributed by atoms with E-state index in [-0.39, 0.29) is 12.5 Å². The highest BCUT2D eigenvalue weighted by Gasteiger charge is 2.48. The number of fused-ring (bicyclic) bond motifs is 2. The van der Waals surface area contributed by atoms with Crippen LogP contribution in [0, 0.1) is 11.8 Å². The molecule has 0 amide bonds. The van der Waals surface area contributed by atoms with E-state index >= 15 is 0 Å². The number of rotatable bonds is 10. The Bertz CT molecular complexity index is 456. The van der Waals surface area contributed by atoms with Crippen molar-refractivity contribution in [3.63, 3.8) is 0 Å². The molecule has 0 aliphatic carbocycles. The lowest BCUT2D eigenvalue weighted by Crippen LogP contribution is -2.34. The molecule has 2 aliphatic rings. The standard InChI is InChI=1S/C17H27NO5S/c1-21-11-18-17(24)22-10-13-12(14-8-9-15(13)23-14)6-4-2-3-5-7-16(19)20/h2,4,12-15H,3,5-11H2,1H3,(H,18,24)(H,19,20)/t12-,13-,14-,15+/m1/s1. The molecule has 2 N–H and O–H groups in total. The van der Waals surface area contributed by atoms with Crippen LogP contribution in [0.4, 0.5) is 0 Å². The van der Waals surface area contributed by atoms with Crippen molar-refractivity contribution < 1.29 is 24.1 Å². The number of unbranched alkanes of at least 4 members (excludes halogenated alkanes) is 1. The lowest BCUT2D eigenvalue weighted by atomic mass is 9.78. The van der Waals surface area contributed by atoms with E-state index in [4.69, 9.17) is 31.5 Å². The number of methoxy groups -OCH3 is 1. The van der Waals surface area contributed by atoms with Crippen molar-refractivity contribution in [1.82, 2.24) is 5.32 Å². The Morgan fingerprint density at radius 3 is 2.79 bits per heavy atom. The molecular weight excluding hydrogens is 330 g/mol. The molecule has 0 aromatic heterocycles. The molecule has 2 aliphatic heterocycles. The Hall–Kier alpha value is -1.18. The van der Waals surface area contributed by atoms with Crippen molar-refractivity contribution in [3.8, 4) is 0 Å². The lowest BCUT2D eigenvalue weighted by molar-refractivity contribution is -0.137. The van der Waals surface area contributed by atoms with Crippen LogP contribution in [-0.2, 0) is 19.0 Å². The fourth-order valence-electron chi connectivity index (χ4n) is 3.52. The lowest BCUT2D eigenvalue weighted by Gasteiger charge is -2.27. The minimum atomic E-state index is -0.736. The van der Waals surface area contributed by atoms with E-state index in [1.165, 1.54) is 0 Å². The molecule has 2 rings (SSSR count). The minimum Gasteiger partial charge on any atom is -0.481 e. The third-order valence-corrected chi connectivity index (χ3v) is 4.96. The molecule has 136 valence electrons. The van der Waals surface area contributed by atoms with Gasteiger partial charge in [-0.25, -0.2) is 0 Å². The maximum absolute atomic E-state index is 10.5. The van der Waals surface area contributed by atoms with E-state index in [1.54, 1.807) is 7.11 Å². The van der Waals surface area contributed by atoms with Gasteiger partial charge < -0.3 is 24.6 Å². The van der Waals surface area contributed by atoms with Gasteiger partial charge in [0.15, 0.2) is 0 Å². The zero-order chi connectivity index (χ0) is 17.4. The second kappa shape index (κ2) is 9.96. The molecule has 0 aromatic rings. The Morgan fingerprint density at radius 2 is 2.08 bits per heavy atom. The molecule has 0 unspecified atom stereocenters. The fraction of sp³-hybridized carbons (Fsp3) is 0.765. The van der Waals surface area contributed by atoms with Gasteiger partial charge in [0.1, 0.15) is 6.73 Å². The summed E-state index contributed by atoms with van der Waals surface area (Å²) in [4.78, 5) is 10.5. The topological polar surface area (TPSA) is 77.0 Å². The summed E-state index contributed by atoms with van der Waals surface area (Å²) in [6.07, 6.45) is 9.69. The number of hydrogen-bond donors (Lipinski definition) is 2. The van der Waals surface area contributed by atoms with Gasteiger partial charge >= 0.3 is 5.97 Å². The van der Waals surface area contributed by atoms with Gasteiger partial charge in [-0.05, 0) is 50.2 Å². The number of nitrogens with one attached hydrogen (secondary N) is 1. The minimum absolute atomic E-state index is 0.226. The van der Waals surface area contributed by atoms with E-state index in [2.05, 4.69) is 17.5 Å². The number of ether oxygens (including phenoxy) is 3. The molecule has 6 nitrogen and oxygen atoms in total. The van der Waals surface area contributed by atoms with Crippen LogP contribution >= 0.6 is 12.2 Å². The zero-order valence-electron chi connectivity index (χ0n) is 14.1. The van der Waals surface area contributed by atoms with Crippen LogP contribution in [0.1, 0.15) is 38.5 Å². The van der Waals surface area contributed by atoms with Crippen LogP contribution in [0.15, 0.2) is 12.2 Å². The summed E-state index contributed by atoms with van der Waals surface area (Å²) in [5, 5.41) is 11.9. The van der Waals surface area contributed by atoms with E-state index in [0.29, 0.717) is 42.9 Å². The largest absolute Gasteiger partial charge is 0.481 e. The van der Waals surface area contributed by atoms with Gasteiger partial charge in [0.05, 0.1) is 18.8 Å². The van der Waals surface area contributed by atoms with Crippen molar-refractivity contribution in [2.45, 2.75) is 50.7 Å².